The molecule has 8 heteroatoms. The van der Waals surface area contributed by atoms with Crippen LogP contribution in [0.4, 0.5) is 5.69 Å². The molecule has 0 unspecified atom stereocenters. The smallest absolute Gasteiger partial charge is 0.353 e. The average molecular weight is 458 g/mol. The lowest BCUT2D eigenvalue weighted by Gasteiger charge is -2.13. The Hall–Kier alpha value is -2.45. The molecule has 0 aliphatic carbocycles. The Morgan fingerprint density at radius 1 is 1.10 bits per heavy atom. The van der Waals surface area contributed by atoms with E-state index < -0.39 is 5.97 Å². The van der Waals surface area contributed by atoms with E-state index >= 15 is 0 Å². The van der Waals surface area contributed by atoms with Crippen LogP contribution in [-0.2, 0) is 4.79 Å². The van der Waals surface area contributed by atoms with Crippen LogP contribution in [0.15, 0.2) is 70.9 Å². The zero-order valence-corrected chi connectivity index (χ0v) is 17.9. The molecule has 1 saturated heterocycles. The Labute approximate surface area is 185 Å². The van der Waals surface area contributed by atoms with Crippen LogP contribution in [0, 0.1) is 0 Å². The van der Waals surface area contributed by atoms with E-state index in [1.165, 1.54) is 28.0 Å². The number of nitrogens with zero attached hydrogens (tertiary/aromatic N) is 1. The lowest BCUT2D eigenvalue weighted by Crippen LogP contribution is -2.27. The van der Waals surface area contributed by atoms with E-state index in [4.69, 9.17) is 28.6 Å². The summed E-state index contributed by atoms with van der Waals surface area (Å²) in [6.45, 7) is 0. The molecule has 4 nitrogen and oxygen atoms in total. The Bertz CT molecular complexity index is 1130. The average Bonchev–Trinajstić information content (AvgIpc) is 3.34. The number of anilines is 1. The Morgan fingerprint density at radius 2 is 1.90 bits per heavy atom. The molecular weight excluding hydrogens is 446 g/mol. The van der Waals surface area contributed by atoms with E-state index in [2.05, 4.69) is 0 Å². The van der Waals surface area contributed by atoms with Gasteiger partial charge < -0.3 is 4.74 Å². The van der Waals surface area contributed by atoms with Crippen LogP contribution >= 0.6 is 46.9 Å². The lowest BCUT2D eigenvalue weighted by molar-refractivity contribution is -0.113. The third-order valence-corrected chi connectivity index (χ3v) is 6.43. The molecule has 2 heterocycles. The van der Waals surface area contributed by atoms with E-state index in [-0.39, 0.29) is 16.7 Å². The van der Waals surface area contributed by atoms with Gasteiger partial charge in [-0.15, -0.1) is 11.3 Å². The second kappa shape index (κ2) is 8.51. The van der Waals surface area contributed by atoms with Crippen LogP contribution in [0.3, 0.4) is 0 Å². The maximum Gasteiger partial charge on any atom is 0.353 e. The molecule has 1 aliphatic rings. The molecular formula is C21H12ClNO3S3. The molecule has 0 saturated carbocycles. The van der Waals surface area contributed by atoms with Gasteiger partial charge in [-0.3, -0.25) is 9.69 Å². The third-order valence-electron chi connectivity index (χ3n) is 3.99. The summed E-state index contributed by atoms with van der Waals surface area (Å²) in [4.78, 5) is 27.4. The third kappa shape index (κ3) is 4.28. The van der Waals surface area contributed by atoms with Crippen LogP contribution in [0.25, 0.3) is 6.08 Å². The van der Waals surface area contributed by atoms with Crippen molar-refractivity contribution in [3.05, 3.63) is 86.4 Å². The van der Waals surface area contributed by atoms with Crippen LogP contribution in [0.1, 0.15) is 15.2 Å². The highest BCUT2D eigenvalue weighted by molar-refractivity contribution is 8.27. The fraction of sp³-hybridized carbons (Fsp3) is 0. The first-order chi connectivity index (χ1) is 14.0. The van der Waals surface area contributed by atoms with E-state index in [0.717, 1.165) is 5.69 Å². The molecule has 1 fully saturated rings. The number of carbonyl (C=O) groups excluding carboxylic acids is 2. The first kappa shape index (κ1) is 19.8. The van der Waals surface area contributed by atoms with Crippen molar-refractivity contribution in [3.63, 3.8) is 0 Å². The van der Waals surface area contributed by atoms with Crippen molar-refractivity contribution in [2.45, 2.75) is 0 Å². The number of para-hydroxylation sites is 1. The number of thiophene rings is 1. The van der Waals surface area contributed by atoms with Crippen LogP contribution < -0.4 is 9.64 Å². The van der Waals surface area contributed by atoms with Crippen molar-refractivity contribution >= 4 is 74.9 Å². The Kier molecular flexibility index (Phi) is 5.82. The van der Waals surface area contributed by atoms with Gasteiger partial charge in [-0.25, -0.2) is 4.79 Å². The zero-order chi connectivity index (χ0) is 20.4. The largest absolute Gasteiger partial charge is 0.421 e. The molecule has 3 aromatic rings. The molecule has 29 heavy (non-hydrogen) atoms. The highest BCUT2D eigenvalue weighted by Crippen LogP contribution is 2.36. The summed E-state index contributed by atoms with van der Waals surface area (Å²) >= 11 is 14.2. The van der Waals surface area contributed by atoms with Crippen molar-refractivity contribution in [2.24, 2.45) is 0 Å². The summed E-state index contributed by atoms with van der Waals surface area (Å²) in [5.74, 6) is -0.382. The number of hydrogen-bond acceptors (Lipinski definition) is 6. The van der Waals surface area contributed by atoms with Crippen LogP contribution in [-0.4, -0.2) is 16.2 Å². The molecule has 0 radical (unpaired) electrons. The van der Waals surface area contributed by atoms with Crippen molar-refractivity contribution in [3.8, 4) is 5.75 Å². The van der Waals surface area contributed by atoms with Gasteiger partial charge in [-0.05, 0) is 47.4 Å². The minimum Gasteiger partial charge on any atom is -0.421 e. The van der Waals surface area contributed by atoms with Gasteiger partial charge >= 0.3 is 5.97 Å². The summed E-state index contributed by atoms with van der Waals surface area (Å²) in [6, 6.07) is 17.7. The topological polar surface area (TPSA) is 46.6 Å². The molecule has 0 bridgehead atoms. The van der Waals surface area contributed by atoms with E-state index in [1.807, 2.05) is 30.3 Å². The number of hydrogen-bond donors (Lipinski definition) is 0. The predicted octanol–water partition coefficient (Wildman–Crippen LogP) is 6.03. The first-order valence-electron chi connectivity index (χ1n) is 8.41. The zero-order valence-electron chi connectivity index (χ0n) is 14.7. The van der Waals surface area contributed by atoms with Crippen molar-refractivity contribution in [1.82, 2.24) is 0 Å². The standard InChI is InChI=1S/C21H12ClNO3S3/c22-15-11-13(8-9-16(15)26-20(25)17-7-4-10-28-17)12-18-19(24)23(21(27)29-18)14-5-2-1-3-6-14/h1-12H/b18-12-. The van der Waals surface area contributed by atoms with Crippen molar-refractivity contribution < 1.29 is 14.3 Å². The fourth-order valence-electron chi connectivity index (χ4n) is 2.65. The summed E-state index contributed by atoms with van der Waals surface area (Å²) in [5, 5.41) is 2.08. The molecule has 144 valence electrons. The Morgan fingerprint density at radius 3 is 2.59 bits per heavy atom. The van der Waals surface area contributed by atoms with Gasteiger partial charge in [0, 0.05) is 0 Å². The SMILES string of the molecule is O=C(Oc1ccc(/C=C2\SC(=S)N(c3ccccc3)C2=O)cc1Cl)c1cccs1. The highest BCUT2D eigenvalue weighted by atomic mass is 35.5. The van der Waals surface area contributed by atoms with Gasteiger partial charge in [-0.1, -0.05) is 65.9 Å². The van der Waals surface area contributed by atoms with Gasteiger partial charge in [0.2, 0.25) is 0 Å². The number of thioether (sulfide) groups is 1. The fourth-order valence-corrected chi connectivity index (χ4v) is 4.78. The quantitative estimate of drug-likeness (QED) is 0.207. The molecule has 0 N–H and O–H groups in total. The number of halogens is 1. The van der Waals surface area contributed by atoms with Gasteiger partial charge in [0.25, 0.3) is 5.91 Å². The Balaban J connectivity index is 1.54. The monoisotopic (exact) mass is 457 g/mol. The van der Waals surface area contributed by atoms with E-state index in [9.17, 15) is 9.59 Å². The summed E-state index contributed by atoms with van der Waals surface area (Å²) in [6.07, 6.45) is 1.72. The van der Waals surface area contributed by atoms with Crippen molar-refractivity contribution in [1.29, 1.82) is 0 Å². The molecule has 0 atom stereocenters. The molecule has 1 aliphatic heterocycles. The number of ether oxygens (including phenoxy) is 1. The normalized spacial score (nSPS) is 15.2. The maximum absolute atomic E-state index is 12.8. The number of benzene rings is 2. The van der Waals surface area contributed by atoms with Gasteiger partial charge in [0.1, 0.15) is 10.6 Å². The van der Waals surface area contributed by atoms with Crippen LogP contribution in [0.2, 0.25) is 5.02 Å². The van der Waals surface area contributed by atoms with Crippen molar-refractivity contribution in [2.75, 3.05) is 4.90 Å². The maximum atomic E-state index is 12.8. The molecule has 1 amide bonds. The number of carbonyl (C=O) groups is 2. The molecule has 2 aromatic carbocycles. The van der Waals surface area contributed by atoms with Crippen LogP contribution in [0.5, 0.6) is 5.75 Å². The second-order valence-corrected chi connectivity index (χ2v) is 8.94. The number of esters is 1. The summed E-state index contributed by atoms with van der Waals surface area (Å²) < 4.78 is 5.82. The summed E-state index contributed by atoms with van der Waals surface area (Å²) in [5.41, 5.74) is 1.44. The molecule has 1 aromatic heterocycles. The molecule has 0 spiro atoms. The molecule has 4 rings (SSSR count). The van der Waals surface area contributed by atoms with Gasteiger partial charge in [0.05, 0.1) is 15.6 Å². The van der Waals surface area contributed by atoms with Gasteiger partial charge in [0.15, 0.2) is 4.32 Å². The number of amides is 1. The summed E-state index contributed by atoms with van der Waals surface area (Å²) in [7, 11) is 0. The van der Waals surface area contributed by atoms with E-state index in [1.54, 1.807) is 41.8 Å². The van der Waals surface area contributed by atoms with E-state index in [0.29, 0.717) is 19.7 Å². The van der Waals surface area contributed by atoms with Gasteiger partial charge in [-0.2, -0.15) is 0 Å². The minimum atomic E-state index is -0.460. The number of rotatable bonds is 4. The number of thiocarbonyl (C=S) groups is 1. The predicted molar refractivity (Wildman–Crippen MR) is 123 cm³/mol. The highest BCUT2D eigenvalue weighted by Gasteiger charge is 2.33. The minimum absolute atomic E-state index is 0.185. The second-order valence-electron chi connectivity index (χ2n) is 5.91. The first-order valence-corrected chi connectivity index (χ1v) is 10.9. The lowest BCUT2D eigenvalue weighted by atomic mass is 10.2.